The SMILES string of the molecule is COC(=O)/C=C1/S/C(=N\N=Cc2cc(B(O)O)ccc2OC)NC1=O. The summed E-state index contributed by atoms with van der Waals surface area (Å²) in [6.45, 7) is 0. The van der Waals surface area contributed by atoms with Gasteiger partial charge in [-0.15, -0.1) is 5.10 Å². The predicted octanol–water partition coefficient (Wildman–Crippen LogP) is -1.02. The van der Waals surface area contributed by atoms with Gasteiger partial charge in [-0.1, -0.05) is 6.07 Å². The summed E-state index contributed by atoms with van der Waals surface area (Å²) in [5, 5.41) is 28.7. The van der Waals surface area contributed by atoms with Crippen LogP contribution in [0.5, 0.6) is 5.75 Å². The van der Waals surface area contributed by atoms with Crippen LogP contribution in [-0.2, 0) is 14.3 Å². The number of esters is 1. The summed E-state index contributed by atoms with van der Waals surface area (Å²) >= 11 is 0.940. The van der Waals surface area contributed by atoms with Crippen LogP contribution in [0.2, 0.25) is 0 Å². The van der Waals surface area contributed by atoms with Crippen molar-refractivity contribution in [3.05, 3.63) is 34.7 Å². The molecule has 1 aliphatic rings. The number of amidine groups is 1. The lowest BCUT2D eigenvalue weighted by Crippen LogP contribution is -2.30. The summed E-state index contributed by atoms with van der Waals surface area (Å²) in [5.41, 5.74) is 0.735. The normalized spacial score (nSPS) is 17.2. The highest BCUT2D eigenvalue weighted by atomic mass is 32.2. The fourth-order valence-corrected chi connectivity index (χ4v) is 2.54. The molecule has 0 spiro atoms. The fourth-order valence-electron chi connectivity index (χ4n) is 1.80. The Labute approximate surface area is 147 Å². The monoisotopic (exact) mass is 363 g/mol. The van der Waals surface area contributed by atoms with E-state index in [4.69, 9.17) is 4.74 Å². The molecule has 1 aromatic rings. The third-order valence-corrected chi connectivity index (χ3v) is 3.90. The van der Waals surface area contributed by atoms with Gasteiger partial charge in [0.1, 0.15) is 5.75 Å². The van der Waals surface area contributed by atoms with Gasteiger partial charge in [0.25, 0.3) is 5.91 Å². The number of nitrogens with one attached hydrogen (secondary N) is 1. The lowest BCUT2D eigenvalue weighted by atomic mass is 9.79. The second-order valence-electron chi connectivity index (χ2n) is 4.61. The standard InChI is InChI=1S/C14H14BN3O6S/c1-23-10-4-3-9(15(21)22)5-8(10)7-16-18-14-17-13(20)11(25-14)6-12(19)24-2/h3-7,21-22H,1-2H3,(H,17,18,20)/b11-6+,16-7?. The van der Waals surface area contributed by atoms with Crippen LogP contribution in [0.3, 0.4) is 0 Å². The van der Waals surface area contributed by atoms with E-state index in [1.165, 1.54) is 32.6 Å². The predicted molar refractivity (Wildman–Crippen MR) is 93.7 cm³/mol. The Kier molecular flexibility index (Phi) is 6.34. The molecule has 0 radical (unpaired) electrons. The second-order valence-corrected chi connectivity index (χ2v) is 5.64. The van der Waals surface area contributed by atoms with Gasteiger partial charge in [0.2, 0.25) is 0 Å². The van der Waals surface area contributed by atoms with Crippen LogP contribution in [0.4, 0.5) is 0 Å². The van der Waals surface area contributed by atoms with Crippen molar-refractivity contribution in [1.82, 2.24) is 5.32 Å². The number of benzene rings is 1. The molecule has 0 atom stereocenters. The number of thioether (sulfide) groups is 1. The van der Waals surface area contributed by atoms with E-state index >= 15 is 0 Å². The van der Waals surface area contributed by atoms with Gasteiger partial charge in [-0.05, 0) is 29.4 Å². The minimum absolute atomic E-state index is 0.142. The van der Waals surface area contributed by atoms with Gasteiger partial charge in [-0.2, -0.15) is 5.10 Å². The molecule has 0 bridgehead atoms. The van der Waals surface area contributed by atoms with E-state index in [1.54, 1.807) is 6.07 Å². The maximum atomic E-state index is 11.7. The van der Waals surface area contributed by atoms with Crippen molar-refractivity contribution in [2.24, 2.45) is 10.2 Å². The third kappa shape index (κ3) is 4.92. The lowest BCUT2D eigenvalue weighted by Gasteiger charge is -2.06. The van der Waals surface area contributed by atoms with Crippen LogP contribution in [0.25, 0.3) is 0 Å². The topological polar surface area (TPSA) is 130 Å². The number of nitrogens with zero attached hydrogens (tertiary/aromatic N) is 2. The van der Waals surface area contributed by atoms with E-state index in [9.17, 15) is 19.6 Å². The van der Waals surface area contributed by atoms with Gasteiger partial charge in [0, 0.05) is 11.6 Å². The lowest BCUT2D eigenvalue weighted by molar-refractivity contribution is -0.135. The summed E-state index contributed by atoms with van der Waals surface area (Å²) < 4.78 is 9.61. The van der Waals surface area contributed by atoms with Crippen molar-refractivity contribution >= 4 is 47.6 Å². The molecular formula is C14H14BN3O6S. The molecule has 11 heteroatoms. The molecule has 0 unspecified atom stereocenters. The third-order valence-electron chi connectivity index (χ3n) is 3.00. The summed E-state index contributed by atoms with van der Waals surface area (Å²) in [4.78, 5) is 23.0. The van der Waals surface area contributed by atoms with Gasteiger partial charge in [0.05, 0.1) is 25.3 Å². The van der Waals surface area contributed by atoms with Gasteiger partial charge in [-0.25, -0.2) is 4.79 Å². The van der Waals surface area contributed by atoms with Gasteiger partial charge < -0.3 is 19.5 Å². The zero-order chi connectivity index (χ0) is 18.4. The Morgan fingerprint density at radius 2 is 2.12 bits per heavy atom. The van der Waals surface area contributed by atoms with E-state index in [0.29, 0.717) is 11.3 Å². The van der Waals surface area contributed by atoms with Crippen molar-refractivity contribution in [3.8, 4) is 5.75 Å². The first-order valence-corrected chi connectivity index (χ1v) is 7.70. The minimum atomic E-state index is -1.62. The maximum Gasteiger partial charge on any atom is 0.488 e. The van der Waals surface area contributed by atoms with Crippen molar-refractivity contribution in [1.29, 1.82) is 0 Å². The molecule has 2 rings (SSSR count). The quantitative estimate of drug-likeness (QED) is 0.201. The number of hydrogen-bond donors (Lipinski definition) is 3. The van der Waals surface area contributed by atoms with E-state index in [0.717, 1.165) is 17.8 Å². The summed E-state index contributed by atoms with van der Waals surface area (Å²) in [6.07, 6.45) is 2.40. The summed E-state index contributed by atoms with van der Waals surface area (Å²) in [5.74, 6) is -0.665. The minimum Gasteiger partial charge on any atom is -0.496 e. The van der Waals surface area contributed by atoms with Crippen LogP contribution in [0.15, 0.2) is 39.4 Å². The van der Waals surface area contributed by atoms with E-state index < -0.39 is 19.0 Å². The van der Waals surface area contributed by atoms with Gasteiger partial charge in [-0.3, -0.25) is 10.1 Å². The summed E-state index contributed by atoms with van der Waals surface area (Å²) in [7, 11) is 1.05. The Bertz CT molecular complexity index is 778. The smallest absolute Gasteiger partial charge is 0.488 e. The number of carbonyl (C=O) groups excluding carboxylic acids is 2. The fraction of sp³-hybridized carbons (Fsp3) is 0.143. The maximum absolute atomic E-state index is 11.7. The first-order valence-electron chi connectivity index (χ1n) is 6.88. The van der Waals surface area contributed by atoms with Crippen LogP contribution < -0.4 is 15.5 Å². The zero-order valence-corrected chi connectivity index (χ0v) is 14.1. The number of rotatable bonds is 5. The van der Waals surface area contributed by atoms with Crippen molar-refractivity contribution in [2.75, 3.05) is 14.2 Å². The van der Waals surface area contributed by atoms with Gasteiger partial charge >= 0.3 is 13.1 Å². The zero-order valence-electron chi connectivity index (χ0n) is 13.3. The number of methoxy groups -OCH3 is 2. The van der Waals surface area contributed by atoms with Crippen LogP contribution >= 0.6 is 11.8 Å². The number of hydrogen-bond acceptors (Lipinski definition) is 9. The highest BCUT2D eigenvalue weighted by Gasteiger charge is 2.25. The van der Waals surface area contributed by atoms with Crippen LogP contribution in [0, 0.1) is 0 Å². The molecule has 1 saturated heterocycles. The molecule has 1 heterocycles. The molecule has 1 aromatic carbocycles. The average Bonchev–Trinajstić information content (AvgIpc) is 2.94. The molecule has 1 amide bonds. The number of amides is 1. The van der Waals surface area contributed by atoms with Crippen molar-refractivity contribution < 1.29 is 29.1 Å². The summed E-state index contributed by atoms with van der Waals surface area (Å²) in [6, 6.07) is 4.55. The second kappa shape index (κ2) is 8.47. The largest absolute Gasteiger partial charge is 0.496 e. The molecule has 0 aliphatic carbocycles. The average molecular weight is 363 g/mol. The Morgan fingerprint density at radius 3 is 2.76 bits per heavy atom. The van der Waals surface area contributed by atoms with Gasteiger partial charge in [0.15, 0.2) is 5.17 Å². The molecule has 1 aliphatic heterocycles. The molecule has 130 valence electrons. The number of carbonyl (C=O) groups is 2. The van der Waals surface area contributed by atoms with E-state index in [1.807, 2.05) is 0 Å². The Hall–Kier alpha value is -2.63. The van der Waals surface area contributed by atoms with Crippen LogP contribution in [0.1, 0.15) is 5.56 Å². The molecule has 9 nitrogen and oxygen atoms in total. The van der Waals surface area contributed by atoms with Crippen molar-refractivity contribution in [3.63, 3.8) is 0 Å². The van der Waals surface area contributed by atoms with E-state index in [2.05, 4.69) is 20.3 Å². The van der Waals surface area contributed by atoms with Crippen molar-refractivity contribution in [2.45, 2.75) is 0 Å². The Morgan fingerprint density at radius 1 is 1.36 bits per heavy atom. The molecule has 0 aromatic heterocycles. The Balaban J connectivity index is 2.17. The van der Waals surface area contributed by atoms with E-state index in [-0.39, 0.29) is 15.5 Å². The highest BCUT2D eigenvalue weighted by Crippen LogP contribution is 2.23. The molecule has 0 saturated carbocycles. The van der Waals surface area contributed by atoms with Crippen LogP contribution in [-0.4, -0.2) is 54.6 Å². The molecule has 1 fully saturated rings. The number of ether oxygens (including phenoxy) is 2. The first-order chi connectivity index (χ1) is 11.9. The molecule has 3 N–H and O–H groups in total. The molecular weight excluding hydrogens is 349 g/mol. The highest BCUT2D eigenvalue weighted by molar-refractivity contribution is 8.18. The molecule has 25 heavy (non-hydrogen) atoms. The first kappa shape index (κ1) is 18.7.